The second-order valence-corrected chi connectivity index (χ2v) is 5.97. The largest absolute Gasteiger partial charge is 0.481 e. The normalized spacial score (nSPS) is 16.9. The first-order valence-electron chi connectivity index (χ1n) is 6.21. The Balaban J connectivity index is 1.90. The number of carbonyl (C=O) groups is 1. The van der Waals surface area contributed by atoms with Gasteiger partial charge in [-0.15, -0.1) is 11.8 Å². The van der Waals surface area contributed by atoms with Crippen molar-refractivity contribution in [3.05, 3.63) is 29.8 Å². The Morgan fingerprint density at radius 3 is 2.41 bits per heavy atom. The fraction of sp³-hybridized carbons (Fsp3) is 0.500. The maximum atomic E-state index is 10.6. The molecule has 2 rings (SSSR count). The minimum atomic E-state index is -0.766. The second kappa shape index (κ2) is 6.10. The molecule has 0 saturated heterocycles. The molecule has 17 heavy (non-hydrogen) atoms. The van der Waals surface area contributed by atoms with Crippen LogP contribution in [0.15, 0.2) is 29.2 Å². The summed E-state index contributed by atoms with van der Waals surface area (Å²) in [7, 11) is 0. The van der Waals surface area contributed by atoms with Crippen molar-refractivity contribution < 1.29 is 9.90 Å². The number of hydrogen-bond donors (Lipinski definition) is 1. The second-order valence-electron chi connectivity index (χ2n) is 4.59. The summed E-state index contributed by atoms with van der Waals surface area (Å²) in [6.07, 6.45) is 6.86. The molecule has 0 radical (unpaired) electrons. The molecule has 1 aromatic carbocycles. The number of thioether (sulfide) groups is 1. The van der Waals surface area contributed by atoms with Crippen LogP contribution >= 0.6 is 11.8 Å². The molecule has 0 aromatic heterocycles. The first kappa shape index (κ1) is 12.5. The Labute approximate surface area is 106 Å². The van der Waals surface area contributed by atoms with Gasteiger partial charge in [-0.2, -0.15) is 0 Å². The molecule has 1 N–H and O–H groups in total. The highest BCUT2D eigenvalue weighted by Crippen LogP contribution is 2.33. The summed E-state index contributed by atoms with van der Waals surface area (Å²) >= 11 is 1.94. The van der Waals surface area contributed by atoms with Crippen LogP contribution in [-0.2, 0) is 11.2 Å². The molecule has 92 valence electrons. The Morgan fingerprint density at radius 2 is 1.82 bits per heavy atom. The van der Waals surface area contributed by atoms with Crippen molar-refractivity contribution in [3.8, 4) is 0 Å². The lowest BCUT2D eigenvalue weighted by Gasteiger charge is -2.20. The minimum absolute atomic E-state index is 0.119. The molecule has 0 heterocycles. The smallest absolute Gasteiger partial charge is 0.307 e. The van der Waals surface area contributed by atoms with Crippen molar-refractivity contribution in [2.45, 2.75) is 48.7 Å². The van der Waals surface area contributed by atoms with Crippen molar-refractivity contribution in [2.24, 2.45) is 0 Å². The van der Waals surface area contributed by atoms with Gasteiger partial charge in [-0.25, -0.2) is 0 Å². The van der Waals surface area contributed by atoms with Gasteiger partial charge in [-0.1, -0.05) is 31.4 Å². The van der Waals surface area contributed by atoms with E-state index in [2.05, 4.69) is 12.1 Å². The van der Waals surface area contributed by atoms with Gasteiger partial charge in [0.2, 0.25) is 0 Å². The molecule has 0 bridgehead atoms. The SMILES string of the molecule is O=C(O)Cc1ccc(SC2CCCCC2)cc1. The summed E-state index contributed by atoms with van der Waals surface area (Å²) in [5.41, 5.74) is 0.880. The topological polar surface area (TPSA) is 37.3 Å². The Bertz CT molecular complexity index is 366. The first-order chi connectivity index (χ1) is 8.24. The lowest BCUT2D eigenvalue weighted by atomic mass is 10.0. The molecule has 0 unspecified atom stereocenters. The predicted molar refractivity (Wildman–Crippen MR) is 70.5 cm³/mol. The number of hydrogen-bond acceptors (Lipinski definition) is 2. The Hall–Kier alpha value is -0.960. The molecule has 0 amide bonds. The summed E-state index contributed by atoms with van der Waals surface area (Å²) in [6, 6.07) is 7.97. The number of carboxylic acid groups (broad SMARTS) is 1. The third-order valence-electron chi connectivity index (χ3n) is 3.13. The van der Waals surface area contributed by atoms with Crippen LogP contribution < -0.4 is 0 Å². The van der Waals surface area contributed by atoms with Crippen LogP contribution in [0.2, 0.25) is 0 Å². The summed E-state index contributed by atoms with van der Waals surface area (Å²) in [4.78, 5) is 11.8. The number of rotatable bonds is 4. The van der Waals surface area contributed by atoms with E-state index in [0.29, 0.717) is 0 Å². The number of benzene rings is 1. The van der Waals surface area contributed by atoms with Crippen molar-refractivity contribution >= 4 is 17.7 Å². The van der Waals surface area contributed by atoms with Gasteiger partial charge < -0.3 is 5.11 Å². The molecule has 1 fully saturated rings. The molecule has 3 heteroatoms. The molecule has 2 nitrogen and oxygen atoms in total. The third-order valence-corrected chi connectivity index (χ3v) is 4.48. The molecule has 0 atom stereocenters. The third kappa shape index (κ3) is 4.08. The van der Waals surface area contributed by atoms with Crippen molar-refractivity contribution in [1.82, 2.24) is 0 Å². The maximum Gasteiger partial charge on any atom is 0.307 e. The maximum absolute atomic E-state index is 10.6. The molecule has 0 aliphatic heterocycles. The van der Waals surface area contributed by atoms with Gasteiger partial charge in [0.25, 0.3) is 0 Å². The van der Waals surface area contributed by atoms with Crippen molar-refractivity contribution in [2.75, 3.05) is 0 Å². The molecule has 1 aliphatic carbocycles. The van der Waals surface area contributed by atoms with Crippen molar-refractivity contribution in [3.63, 3.8) is 0 Å². The number of carboxylic acids is 1. The standard InChI is InChI=1S/C14H18O2S/c15-14(16)10-11-6-8-13(9-7-11)17-12-4-2-1-3-5-12/h6-9,12H,1-5,10H2,(H,15,16). The van der Waals surface area contributed by atoms with E-state index in [0.717, 1.165) is 10.8 Å². The van der Waals surface area contributed by atoms with Crippen LogP contribution in [0.5, 0.6) is 0 Å². The Kier molecular flexibility index (Phi) is 4.49. The fourth-order valence-corrected chi connectivity index (χ4v) is 3.48. The van der Waals surface area contributed by atoms with Crippen molar-refractivity contribution in [1.29, 1.82) is 0 Å². The zero-order chi connectivity index (χ0) is 12.1. The van der Waals surface area contributed by atoms with E-state index in [1.165, 1.54) is 37.0 Å². The highest BCUT2D eigenvalue weighted by molar-refractivity contribution is 8.00. The zero-order valence-electron chi connectivity index (χ0n) is 9.89. The molecular formula is C14H18O2S. The lowest BCUT2D eigenvalue weighted by molar-refractivity contribution is -0.136. The van der Waals surface area contributed by atoms with Crippen LogP contribution in [0, 0.1) is 0 Å². The van der Waals surface area contributed by atoms with Crippen LogP contribution in [0.1, 0.15) is 37.7 Å². The van der Waals surface area contributed by atoms with Crippen LogP contribution in [-0.4, -0.2) is 16.3 Å². The van der Waals surface area contributed by atoms with E-state index in [1.807, 2.05) is 23.9 Å². The fourth-order valence-electron chi connectivity index (χ4n) is 2.24. The van der Waals surface area contributed by atoms with E-state index in [9.17, 15) is 4.79 Å². The molecule has 0 spiro atoms. The van der Waals surface area contributed by atoms with E-state index in [1.54, 1.807) is 0 Å². The van der Waals surface area contributed by atoms with Gasteiger partial charge >= 0.3 is 5.97 Å². The summed E-state index contributed by atoms with van der Waals surface area (Å²) in [6.45, 7) is 0. The average Bonchev–Trinajstić information content (AvgIpc) is 2.32. The molecular weight excluding hydrogens is 232 g/mol. The molecule has 1 saturated carbocycles. The molecule has 1 aliphatic rings. The average molecular weight is 250 g/mol. The minimum Gasteiger partial charge on any atom is -0.481 e. The summed E-state index contributed by atoms with van der Waals surface area (Å²) < 4.78 is 0. The molecule has 1 aromatic rings. The summed E-state index contributed by atoms with van der Waals surface area (Å²) in [5, 5.41) is 9.45. The number of aliphatic carboxylic acids is 1. The first-order valence-corrected chi connectivity index (χ1v) is 7.09. The predicted octanol–water partition coefficient (Wildman–Crippen LogP) is 3.74. The lowest BCUT2D eigenvalue weighted by Crippen LogP contribution is -2.07. The van der Waals surface area contributed by atoms with Crippen LogP contribution in [0.4, 0.5) is 0 Å². The van der Waals surface area contributed by atoms with Gasteiger partial charge in [-0.05, 0) is 30.5 Å². The van der Waals surface area contributed by atoms with Gasteiger partial charge in [-0.3, -0.25) is 4.79 Å². The van der Waals surface area contributed by atoms with Crippen LogP contribution in [0.3, 0.4) is 0 Å². The van der Waals surface area contributed by atoms with E-state index in [-0.39, 0.29) is 6.42 Å². The van der Waals surface area contributed by atoms with Gasteiger partial charge in [0.15, 0.2) is 0 Å². The van der Waals surface area contributed by atoms with E-state index < -0.39 is 5.97 Å². The Morgan fingerprint density at radius 1 is 1.18 bits per heavy atom. The highest BCUT2D eigenvalue weighted by atomic mass is 32.2. The highest BCUT2D eigenvalue weighted by Gasteiger charge is 2.14. The monoisotopic (exact) mass is 250 g/mol. The van der Waals surface area contributed by atoms with Gasteiger partial charge in [0, 0.05) is 10.1 Å². The summed E-state index contributed by atoms with van der Waals surface area (Å²) in [5.74, 6) is -0.766. The zero-order valence-corrected chi connectivity index (χ0v) is 10.7. The van der Waals surface area contributed by atoms with Crippen LogP contribution in [0.25, 0.3) is 0 Å². The quantitative estimate of drug-likeness (QED) is 0.884. The van der Waals surface area contributed by atoms with Gasteiger partial charge in [0.1, 0.15) is 0 Å². The van der Waals surface area contributed by atoms with E-state index in [4.69, 9.17) is 5.11 Å². The van der Waals surface area contributed by atoms with Gasteiger partial charge in [0.05, 0.1) is 6.42 Å². The van der Waals surface area contributed by atoms with E-state index >= 15 is 0 Å².